The molecule has 1 saturated carbocycles. The summed E-state index contributed by atoms with van der Waals surface area (Å²) in [5.74, 6) is 0.0838. The van der Waals surface area contributed by atoms with Crippen molar-refractivity contribution in [1.29, 1.82) is 0 Å². The van der Waals surface area contributed by atoms with Gasteiger partial charge in [0.1, 0.15) is 11.9 Å². The molecule has 1 saturated heterocycles. The fourth-order valence-electron chi connectivity index (χ4n) is 7.24. The van der Waals surface area contributed by atoms with Gasteiger partial charge in [-0.05, 0) is 47.7 Å². The summed E-state index contributed by atoms with van der Waals surface area (Å²) in [7, 11) is 1.38. The maximum absolute atomic E-state index is 13.8. The predicted octanol–water partition coefficient (Wildman–Crippen LogP) is 4.46. The Hall–Kier alpha value is -5.77. The molecular formula is C38H44FN11O4. The van der Waals surface area contributed by atoms with Gasteiger partial charge in [-0.25, -0.2) is 14.2 Å². The zero-order chi connectivity index (χ0) is 37.4. The van der Waals surface area contributed by atoms with Crippen molar-refractivity contribution in [3.63, 3.8) is 0 Å². The molecule has 2 aliphatic heterocycles. The van der Waals surface area contributed by atoms with Crippen molar-refractivity contribution in [3.05, 3.63) is 87.9 Å². The minimum Gasteiger partial charge on any atom is -0.467 e. The first-order valence-corrected chi connectivity index (χ1v) is 18.4. The average molecular weight is 738 g/mol. The van der Waals surface area contributed by atoms with E-state index in [4.69, 9.17) is 4.74 Å². The predicted molar refractivity (Wildman–Crippen MR) is 202 cm³/mol. The molecule has 0 bridgehead atoms. The van der Waals surface area contributed by atoms with E-state index in [0.29, 0.717) is 63.7 Å². The number of carbonyl (C=O) groups is 2. The van der Waals surface area contributed by atoms with Crippen LogP contribution in [0.5, 0.6) is 0 Å². The highest BCUT2D eigenvalue weighted by atomic mass is 19.1. The quantitative estimate of drug-likeness (QED) is 0.142. The summed E-state index contributed by atoms with van der Waals surface area (Å²) in [6, 6.07) is 11.9. The van der Waals surface area contributed by atoms with Crippen molar-refractivity contribution in [2.75, 3.05) is 55.8 Å². The van der Waals surface area contributed by atoms with Gasteiger partial charge in [0.15, 0.2) is 5.69 Å². The Bertz CT molecular complexity index is 2060. The second-order valence-corrected chi connectivity index (χ2v) is 13.9. The van der Waals surface area contributed by atoms with Crippen molar-refractivity contribution in [2.45, 2.75) is 57.5 Å². The normalized spacial score (nSPS) is 16.6. The number of ether oxygens (including phenoxy) is 1. The van der Waals surface area contributed by atoms with Crippen LogP contribution in [0.15, 0.2) is 64.6 Å². The van der Waals surface area contributed by atoms with Crippen LogP contribution >= 0.6 is 0 Å². The Morgan fingerprint density at radius 1 is 1.00 bits per heavy atom. The number of hydrogen-bond acceptors (Lipinski definition) is 13. The van der Waals surface area contributed by atoms with Crippen molar-refractivity contribution in [2.24, 2.45) is 10.9 Å². The van der Waals surface area contributed by atoms with Gasteiger partial charge in [-0.1, -0.05) is 50.3 Å². The first-order chi connectivity index (χ1) is 26.3. The Balaban J connectivity index is 1.04. The highest BCUT2D eigenvalue weighted by molar-refractivity contribution is 5.96. The third kappa shape index (κ3) is 9.23. The number of nitrogens with one attached hydrogen (secondary N) is 4. The number of H-pyrrole nitrogens is 1. The van der Waals surface area contributed by atoms with E-state index in [2.05, 4.69) is 50.8 Å². The molecule has 2 fully saturated rings. The number of amides is 1. The lowest BCUT2D eigenvalue weighted by Crippen LogP contribution is -2.49. The van der Waals surface area contributed by atoms with Crippen LogP contribution in [-0.2, 0) is 22.5 Å². The maximum Gasteiger partial charge on any atom is 0.328 e. The summed E-state index contributed by atoms with van der Waals surface area (Å²) in [5.41, 5.74) is 3.59. The van der Waals surface area contributed by atoms with Gasteiger partial charge in [0.2, 0.25) is 17.8 Å². The highest BCUT2D eigenvalue weighted by Crippen LogP contribution is 2.30. The number of methoxy groups -OCH3 is 1. The van der Waals surface area contributed by atoms with Gasteiger partial charge in [-0.3, -0.25) is 19.5 Å². The smallest absolute Gasteiger partial charge is 0.328 e. The van der Waals surface area contributed by atoms with Crippen LogP contribution in [0.1, 0.15) is 60.1 Å². The first-order valence-electron chi connectivity index (χ1n) is 18.4. The molecule has 1 aliphatic carbocycles. The Morgan fingerprint density at radius 2 is 1.80 bits per heavy atom. The van der Waals surface area contributed by atoms with Crippen LogP contribution in [0.25, 0.3) is 0 Å². The minimum atomic E-state index is -0.631. The number of rotatable bonds is 13. The number of anilines is 4. The monoisotopic (exact) mass is 737 g/mol. The van der Waals surface area contributed by atoms with Crippen LogP contribution < -0.4 is 21.5 Å². The molecule has 15 nitrogen and oxygen atoms in total. The molecule has 7 rings (SSSR count). The molecule has 2 aromatic heterocycles. The number of piperazine rings is 1. The van der Waals surface area contributed by atoms with Crippen LogP contribution in [-0.4, -0.2) is 98.2 Å². The number of nitrogens with zero attached hydrogens (tertiary/aromatic N) is 7. The van der Waals surface area contributed by atoms with Crippen molar-refractivity contribution in [3.8, 4) is 0 Å². The molecule has 54 heavy (non-hydrogen) atoms. The van der Waals surface area contributed by atoms with Gasteiger partial charge >= 0.3 is 5.97 Å². The third-order valence-electron chi connectivity index (χ3n) is 10.0. The second kappa shape index (κ2) is 16.9. The molecule has 1 atom stereocenters. The zero-order valence-corrected chi connectivity index (χ0v) is 30.2. The number of fused-ring (bicyclic) bond motifs is 1. The fourth-order valence-corrected chi connectivity index (χ4v) is 7.24. The lowest BCUT2D eigenvalue weighted by atomic mass is 9.85. The van der Waals surface area contributed by atoms with E-state index < -0.39 is 11.6 Å². The molecule has 16 heteroatoms. The number of aliphatic imine (C=N–C) groups is 1. The molecule has 4 N–H and O–H groups in total. The topological polar surface area (TPSA) is 183 Å². The van der Waals surface area contributed by atoms with Crippen molar-refractivity contribution >= 4 is 46.8 Å². The molecule has 0 radical (unpaired) electrons. The fraction of sp³-hybridized carbons (Fsp3) is 0.421. The molecule has 0 unspecified atom stereocenters. The van der Waals surface area contributed by atoms with Crippen molar-refractivity contribution < 1.29 is 18.7 Å². The van der Waals surface area contributed by atoms with E-state index in [0.717, 1.165) is 48.2 Å². The minimum absolute atomic E-state index is 0.0978. The molecule has 1 amide bonds. The summed E-state index contributed by atoms with van der Waals surface area (Å²) < 4.78 is 19.0. The number of carbonyl (C=O) groups excluding carboxylic acids is 2. The molecule has 4 heterocycles. The largest absolute Gasteiger partial charge is 0.467 e. The molecule has 3 aliphatic rings. The second-order valence-electron chi connectivity index (χ2n) is 13.9. The van der Waals surface area contributed by atoms with E-state index in [1.165, 1.54) is 38.1 Å². The van der Waals surface area contributed by atoms with Gasteiger partial charge in [0.05, 0.1) is 19.3 Å². The summed E-state index contributed by atoms with van der Waals surface area (Å²) in [4.78, 5) is 66.8. The van der Waals surface area contributed by atoms with E-state index >= 15 is 0 Å². The van der Waals surface area contributed by atoms with Crippen LogP contribution in [0, 0.1) is 11.7 Å². The molecule has 0 spiro atoms. The summed E-state index contributed by atoms with van der Waals surface area (Å²) in [5, 5.41) is 9.80. The average Bonchev–Trinajstić information content (AvgIpc) is 3.59. The van der Waals surface area contributed by atoms with Gasteiger partial charge in [0, 0.05) is 62.9 Å². The number of aromatic amines is 1. The lowest BCUT2D eigenvalue weighted by molar-refractivity contribution is -0.142. The number of esters is 1. The van der Waals surface area contributed by atoms with Crippen LogP contribution in [0.4, 0.5) is 33.6 Å². The SMILES string of the molecule is COC(=O)[C@H](CC1CCCCC1)Nc1nc(NCC2=Nc3cc(F)ccc3C2)nc(Nc2cccc(CN3CCN(C(=O)c4ncc[nH]c4=O)CC3)c2)n1. The van der Waals surface area contributed by atoms with E-state index in [-0.39, 0.29) is 41.2 Å². The summed E-state index contributed by atoms with van der Waals surface area (Å²) >= 11 is 0. The maximum atomic E-state index is 13.8. The van der Waals surface area contributed by atoms with Crippen LogP contribution in [0.2, 0.25) is 0 Å². The third-order valence-corrected chi connectivity index (χ3v) is 10.0. The van der Waals surface area contributed by atoms with Gasteiger partial charge in [-0.15, -0.1) is 0 Å². The van der Waals surface area contributed by atoms with Gasteiger partial charge < -0.3 is 30.6 Å². The number of halogens is 1. The Morgan fingerprint density at radius 3 is 2.59 bits per heavy atom. The highest BCUT2D eigenvalue weighted by Gasteiger charge is 2.27. The van der Waals surface area contributed by atoms with E-state index in [1.54, 1.807) is 11.0 Å². The van der Waals surface area contributed by atoms with Crippen molar-refractivity contribution in [1.82, 2.24) is 34.7 Å². The molecular weight excluding hydrogens is 693 g/mol. The van der Waals surface area contributed by atoms with E-state index in [1.807, 2.05) is 24.3 Å². The Kier molecular flexibility index (Phi) is 11.5. The number of aromatic nitrogens is 5. The van der Waals surface area contributed by atoms with Crippen LogP contribution in [0.3, 0.4) is 0 Å². The summed E-state index contributed by atoms with van der Waals surface area (Å²) in [6.07, 6.45) is 9.65. The molecule has 2 aromatic carbocycles. The van der Waals surface area contributed by atoms with Gasteiger partial charge in [-0.2, -0.15) is 15.0 Å². The number of hydrogen-bond donors (Lipinski definition) is 4. The van der Waals surface area contributed by atoms with Gasteiger partial charge in [0.25, 0.3) is 11.5 Å². The summed E-state index contributed by atoms with van der Waals surface area (Å²) in [6.45, 7) is 3.21. The Labute approximate surface area is 311 Å². The lowest BCUT2D eigenvalue weighted by Gasteiger charge is -2.34. The van der Waals surface area contributed by atoms with E-state index in [9.17, 15) is 18.8 Å². The standard InChI is InChI=1S/C38H44FN11O4/c1-54-35(53)31(19-24-6-3-2-4-7-24)45-38-47-36(42-22-29-20-26-10-11-27(39)21-30(26)43-29)46-37(48-38)44-28-9-5-8-25(18-28)23-49-14-16-50(17-15-49)34(52)32-33(51)41-13-12-40-32/h5,8-13,18,21,24,31H,2-4,6-7,14-17,19-20,22-23H2,1H3,(H,41,51)(H3,42,44,45,46,47,48)/t31-/m0/s1. The molecule has 4 aromatic rings. The number of benzene rings is 2. The first kappa shape index (κ1) is 36.6. The molecule has 282 valence electrons. The zero-order valence-electron chi connectivity index (χ0n) is 30.2.